The third-order valence-corrected chi connectivity index (χ3v) is 3.98. The summed E-state index contributed by atoms with van der Waals surface area (Å²) in [6, 6.07) is 7.67. The van der Waals surface area contributed by atoms with Crippen molar-refractivity contribution in [2.45, 2.75) is 38.8 Å². The van der Waals surface area contributed by atoms with Gasteiger partial charge in [0.15, 0.2) is 0 Å². The lowest BCUT2D eigenvalue weighted by Gasteiger charge is -2.43. The molecular weight excluding hydrogens is 227 g/mol. The van der Waals surface area contributed by atoms with E-state index in [1.165, 1.54) is 0 Å². The van der Waals surface area contributed by atoms with Gasteiger partial charge in [0.25, 0.3) is 0 Å². The molecule has 0 aromatic heterocycles. The van der Waals surface area contributed by atoms with Crippen molar-refractivity contribution in [3.8, 4) is 0 Å². The molecule has 100 valence electrons. The van der Waals surface area contributed by atoms with Crippen molar-refractivity contribution in [1.82, 2.24) is 4.90 Å². The smallest absolute Gasteiger partial charge is 0.127 e. The number of rotatable bonds is 3. The largest absolute Gasteiger partial charge is 0.330 e. The molecule has 1 saturated heterocycles. The molecule has 0 aliphatic carbocycles. The summed E-state index contributed by atoms with van der Waals surface area (Å²) in [7, 11) is 0. The van der Waals surface area contributed by atoms with Gasteiger partial charge in [0.2, 0.25) is 0 Å². The maximum Gasteiger partial charge on any atom is 0.127 e. The highest BCUT2D eigenvalue weighted by Crippen LogP contribution is 2.37. The van der Waals surface area contributed by atoms with Crippen molar-refractivity contribution in [3.05, 3.63) is 35.6 Å². The lowest BCUT2D eigenvalue weighted by molar-refractivity contribution is 0.0642. The highest BCUT2D eigenvalue weighted by molar-refractivity contribution is 5.23. The van der Waals surface area contributed by atoms with Gasteiger partial charge in [-0.15, -0.1) is 0 Å². The van der Waals surface area contributed by atoms with E-state index in [2.05, 4.69) is 18.7 Å². The van der Waals surface area contributed by atoms with Crippen LogP contribution in [0.25, 0.3) is 0 Å². The van der Waals surface area contributed by atoms with Crippen LogP contribution in [0.15, 0.2) is 24.3 Å². The van der Waals surface area contributed by atoms with Gasteiger partial charge >= 0.3 is 0 Å². The van der Waals surface area contributed by atoms with E-state index in [0.29, 0.717) is 18.5 Å². The Bertz CT molecular complexity index is 392. The summed E-state index contributed by atoms with van der Waals surface area (Å²) >= 11 is 0. The van der Waals surface area contributed by atoms with E-state index in [-0.39, 0.29) is 11.9 Å². The van der Waals surface area contributed by atoms with Crippen LogP contribution >= 0.6 is 0 Å². The molecule has 0 radical (unpaired) electrons. The van der Waals surface area contributed by atoms with Crippen molar-refractivity contribution < 1.29 is 4.39 Å². The highest BCUT2D eigenvalue weighted by Gasteiger charge is 2.34. The van der Waals surface area contributed by atoms with Gasteiger partial charge in [-0.05, 0) is 51.8 Å². The number of hydrogen-bond acceptors (Lipinski definition) is 2. The predicted molar refractivity (Wildman–Crippen MR) is 72.8 cm³/mol. The Kier molecular flexibility index (Phi) is 4.36. The monoisotopic (exact) mass is 250 g/mol. The molecule has 2 unspecified atom stereocenters. The van der Waals surface area contributed by atoms with Crippen molar-refractivity contribution in [3.63, 3.8) is 0 Å². The van der Waals surface area contributed by atoms with E-state index < -0.39 is 0 Å². The average molecular weight is 250 g/mol. The molecular formula is C15H23FN2. The van der Waals surface area contributed by atoms with Crippen molar-refractivity contribution in [1.29, 1.82) is 0 Å². The summed E-state index contributed by atoms with van der Waals surface area (Å²) in [4.78, 5) is 2.39. The molecule has 2 rings (SSSR count). The predicted octanol–water partition coefficient (Wildman–Crippen LogP) is 2.95. The van der Waals surface area contributed by atoms with Crippen LogP contribution in [0.1, 0.15) is 38.3 Å². The van der Waals surface area contributed by atoms with E-state index in [0.717, 1.165) is 24.9 Å². The lowest BCUT2D eigenvalue weighted by atomic mass is 9.83. The molecule has 18 heavy (non-hydrogen) atoms. The molecule has 1 fully saturated rings. The molecule has 2 N–H and O–H groups in total. The Labute approximate surface area is 109 Å². The minimum absolute atomic E-state index is 0.103. The van der Waals surface area contributed by atoms with Crippen molar-refractivity contribution in [2.24, 2.45) is 11.7 Å². The topological polar surface area (TPSA) is 29.3 Å². The Morgan fingerprint density at radius 1 is 1.39 bits per heavy atom. The molecule has 0 bridgehead atoms. The first-order chi connectivity index (χ1) is 8.65. The van der Waals surface area contributed by atoms with Crippen molar-refractivity contribution >= 4 is 0 Å². The second-order valence-corrected chi connectivity index (χ2v) is 5.44. The number of nitrogens with two attached hydrogens (primary N) is 1. The number of piperidine rings is 1. The highest BCUT2D eigenvalue weighted by atomic mass is 19.1. The van der Waals surface area contributed by atoms with Crippen LogP contribution in [0.4, 0.5) is 4.39 Å². The Morgan fingerprint density at radius 2 is 2.11 bits per heavy atom. The molecule has 2 nitrogen and oxygen atoms in total. The summed E-state index contributed by atoms with van der Waals surface area (Å²) in [6.07, 6.45) is 2.25. The van der Waals surface area contributed by atoms with Gasteiger partial charge in [0.05, 0.1) is 0 Å². The Hall–Kier alpha value is -0.930. The summed E-state index contributed by atoms with van der Waals surface area (Å²) < 4.78 is 14.1. The van der Waals surface area contributed by atoms with Crippen LogP contribution in [0.3, 0.4) is 0 Å². The van der Waals surface area contributed by atoms with E-state index >= 15 is 0 Å². The summed E-state index contributed by atoms with van der Waals surface area (Å²) in [5.74, 6) is 0.256. The number of nitrogens with zero attached hydrogens (tertiary/aromatic N) is 1. The van der Waals surface area contributed by atoms with Gasteiger partial charge in [-0.3, -0.25) is 4.90 Å². The van der Waals surface area contributed by atoms with E-state index in [9.17, 15) is 4.39 Å². The molecule has 1 aromatic carbocycles. The summed E-state index contributed by atoms with van der Waals surface area (Å²) in [5.41, 5.74) is 6.70. The lowest BCUT2D eigenvalue weighted by Crippen LogP contribution is -2.45. The molecule has 1 heterocycles. The minimum atomic E-state index is -0.103. The zero-order chi connectivity index (χ0) is 13.1. The Balaban J connectivity index is 2.37. The molecule has 0 amide bonds. The second kappa shape index (κ2) is 5.81. The first-order valence-corrected chi connectivity index (χ1v) is 6.85. The van der Waals surface area contributed by atoms with Crippen LogP contribution in [0, 0.1) is 11.7 Å². The van der Waals surface area contributed by atoms with Gasteiger partial charge in [-0.1, -0.05) is 18.2 Å². The van der Waals surface area contributed by atoms with Gasteiger partial charge in [-0.25, -0.2) is 4.39 Å². The summed E-state index contributed by atoms with van der Waals surface area (Å²) in [5, 5.41) is 0. The molecule has 2 atom stereocenters. The standard InChI is InChI=1S/C15H23FN2/c1-11(2)18-9-5-6-12(10-17)15(18)13-7-3-4-8-14(13)16/h3-4,7-8,11-12,15H,5-6,9-10,17H2,1-2H3. The molecule has 1 aromatic rings. The average Bonchev–Trinajstić information content (AvgIpc) is 2.38. The fourth-order valence-electron chi connectivity index (χ4n) is 3.08. The maximum atomic E-state index is 14.1. The van der Waals surface area contributed by atoms with E-state index in [4.69, 9.17) is 5.73 Å². The van der Waals surface area contributed by atoms with Gasteiger partial charge < -0.3 is 5.73 Å². The third kappa shape index (κ3) is 2.57. The zero-order valence-electron chi connectivity index (χ0n) is 11.3. The number of halogens is 1. The molecule has 1 aliphatic heterocycles. The third-order valence-electron chi connectivity index (χ3n) is 3.98. The van der Waals surface area contributed by atoms with E-state index in [1.54, 1.807) is 12.1 Å². The minimum Gasteiger partial charge on any atom is -0.330 e. The van der Waals surface area contributed by atoms with Crippen LogP contribution in [0.2, 0.25) is 0 Å². The van der Waals surface area contributed by atoms with Gasteiger partial charge in [0, 0.05) is 17.6 Å². The SMILES string of the molecule is CC(C)N1CCCC(CN)C1c1ccccc1F. The van der Waals surface area contributed by atoms with Crippen LogP contribution in [-0.4, -0.2) is 24.0 Å². The fraction of sp³-hybridized carbons (Fsp3) is 0.600. The quantitative estimate of drug-likeness (QED) is 0.893. The zero-order valence-corrected chi connectivity index (χ0v) is 11.3. The number of hydrogen-bond donors (Lipinski definition) is 1. The van der Waals surface area contributed by atoms with Crippen molar-refractivity contribution in [2.75, 3.05) is 13.1 Å². The normalized spacial score (nSPS) is 25.6. The first kappa shape index (κ1) is 13.5. The number of benzene rings is 1. The Morgan fingerprint density at radius 3 is 2.72 bits per heavy atom. The van der Waals surface area contributed by atoms with Crippen LogP contribution in [-0.2, 0) is 0 Å². The molecule has 1 aliphatic rings. The van der Waals surface area contributed by atoms with Gasteiger partial charge in [0.1, 0.15) is 5.82 Å². The molecule has 3 heteroatoms. The molecule has 0 saturated carbocycles. The second-order valence-electron chi connectivity index (χ2n) is 5.44. The first-order valence-electron chi connectivity index (χ1n) is 6.85. The van der Waals surface area contributed by atoms with Crippen LogP contribution in [0.5, 0.6) is 0 Å². The van der Waals surface area contributed by atoms with Crippen LogP contribution < -0.4 is 5.73 Å². The number of likely N-dealkylation sites (tertiary alicyclic amines) is 1. The van der Waals surface area contributed by atoms with Gasteiger partial charge in [-0.2, -0.15) is 0 Å². The van der Waals surface area contributed by atoms with E-state index in [1.807, 2.05) is 12.1 Å². The maximum absolute atomic E-state index is 14.1. The molecule has 0 spiro atoms. The fourth-order valence-corrected chi connectivity index (χ4v) is 3.08. The summed E-state index contributed by atoms with van der Waals surface area (Å²) in [6.45, 7) is 6.01.